The van der Waals surface area contributed by atoms with Crippen LogP contribution in [0.15, 0.2) is 36.5 Å². The molecule has 0 aliphatic heterocycles. The molecule has 0 aromatic carbocycles. The lowest BCUT2D eigenvalue weighted by molar-refractivity contribution is -0.143. The third-order valence-corrected chi connectivity index (χ3v) is 15.7. The van der Waals surface area contributed by atoms with Crippen molar-refractivity contribution in [1.82, 2.24) is 5.32 Å². The Hall–Kier alpha value is -1.96. The largest absolute Gasteiger partial charge is 0.466 e. The smallest absolute Gasteiger partial charge is 0.305 e. The van der Waals surface area contributed by atoms with Gasteiger partial charge < -0.3 is 25.4 Å². The molecule has 0 aromatic rings. The lowest BCUT2D eigenvalue weighted by Gasteiger charge is -2.20. The molecule has 0 saturated heterocycles. The van der Waals surface area contributed by atoms with Crippen LogP contribution in [-0.4, -0.2) is 58.7 Å². The third kappa shape index (κ3) is 59.7. The molecule has 0 spiro atoms. The maximum atomic E-state index is 12.5. The van der Waals surface area contributed by atoms with Crippen LogP contribution >= 0.6 is 0 Å². The van der Waals surface area contributed by atoms with Gasteiger partial charge in [-0.1, -0.05) is 326 Å². The van der Waals surface area contributed by atoms with Crippen molar-refractivity contribution >= 4 is 11.9 Å². The summed E-state index contributed by atoms with van der Waals surface area (Å²) in [6.07, 6.45) is 77.9. The van der Waals surface area contributed by atoms with Crippen LogP contribution in [0, 0.1) is 0 Å². The normalized spacial score (nSPS) is 13.2. The monoisotopic (exact) mass is 1070 g/mol. The highest BCUT2D eigenvalue weighted by Gasteiger charge is 2.18. The summed E-state index contributed by atoms with van der Waals surface area (Å²) in [5.74, 6) is -0.127. The highest BCUT2D eigenvalue weighted by atomic mass is 16.5. The average molecular weight is 1070 g/mol. The van der Waals surface area contributed by atoms with Gasteiger partial charge in [0, 0.05) is 12.8 Å². The number of nitrogens with one attached hydrogen (secondary N) is 1. The van der Waals surface area contributed by atoms with E-state index >= 15 is 0 Å². The zero-order chi connectivity index (χ0) is 55.1. The van der Waals surface area contributed by atoms with E-state index in [-0.39, 0.29) is 18.5 Å². The van der Waals surface area contributed by atoms with Crippen LogP contribution in [0.25, 0.3) is 0 Å². The van der Waals surface area contributed by atoms with Gasteiger partial charge in [0.25, 0.3) is 0 Å². The second-order valence-corrected chi connectivity index (χ2v) is 23.3. The van der Waals surface area contributed by atoms with Crippen molar-refractivity contribution in [3.05, 3.63) is 36.5 Å². The molecule has 0 aromatic heterocycles. The average Bonchev–Trinajstić information content (AvgIpc) is 3.42. The van der Waals surface area contributed by atoms with Gasteiger partial charge in [-0.15, -0.1) is 0 Å². The van der Waals surface area contributed by atoms with E-state index in [1.54, 1.807) is 6.08 Å². The number of allylic oxidation sites excluding steroid dienone is 4. The highest BCUT2D eigenvalue weighted by Crippen LogP contribution is 2.18. The number of esters is 1. The van der Waals surface area contributed by atoms with E-state index in [1.165, 1.54) is 276 Å². The molecule has 7 nitrogen and oxygen atoms in total. The molecular weight excluding hydrogens is 939 g/mol. The van der Waals surface area contributed by atoms with Crippen molar-refractivity contribution in [2.45, 2.75) is 379 Å². The molecule has 1 amide bonds. The lowest BCUT2D eigenvalue weighted by Crippen LogP contribution is -2.45. The standard InChI is InChI=1S/C69H131NO6/c1-3-5-7-9-11-13-15-17-31-36-40-44-48-52-56-60-69(75)76-63-57-53-49-45-41-37-33-30-28-26-24-22-20-19-21-23-25-27-29-32-35-39-43-47-51-55-59-68(74)70-66(64-71)67(73)62-61-65(72)58-54-50-46-42-38-34-18-16-14-12-10-8-6-4-2/h11,13,17,31,61-62,65-67,71-73H,3-10,12,14-16,18-30,32-60,63-64H2,1-2H3,(H,70,74)/b13-11-,31-17-,62-61+/t65-,66+,67-/m1/s1. The molecule has 0 heterocycles. The highest BCUT2D eigenvalue weighted by molar-refractivity contribution is 5.76. The summed E-state index contributed by atoms with van der Waals surface area (Å²) in [4.78, 5) is 24.6. The molecular formula is C69H131NO6. The van der Waals surface area contributed by atoms with E-state index in [1.807, 2.05) is 0 Å². The van der Waals surface area contributed by atoms with Gasteiger partial charge >= 0.3 is 5.97 Å². The number of ether oxygens (including phenoxy) is 1. The van der Waals surface area contributed by atoms with E-state index in [2.05, 4.69) is 43.5 Å². The Kier molecular flexibility index (Phi) is 62.2. The fourth-order valence-electron chi connectivity index (χ4n) is 10.5. The van der Waals surface area contributed by atoms with Gasteiger partial charge in [0.15, 0.2) is 0 Å². The maximum Gasteiger partial charge on any atom is 0.305 e. The fraction of sp³-hybridized carbons (Fsp3) is 0.884. The molecule has 0 fully saturated rings. The summed E-state index contributed by atoms with van der Waals surface area (Å²) >= 11 is 0. The first-order valence-corrected chi connectivity index (χ1v) is 33.8. The molecule has 3 atom stereocenters. The summed E-state index contributed by atoms with van der Waals surface area (Å²) in [5.41, 5.74) is 0. The molecule has 0 aliphatic rings. The first-order chi connectivity index (χ1) is 37.4. The zero-order valence-corrected chi connectivity index (χ0v) is 50.9. The van der Waals surface area contributed by atoms with Crippen LogP contribution < -0.4 is 5.32 Å². The maximum absolute atomic E-state index is 12.5. The van der Waals surface area contributed by atoms with Crippen LogP contribution in [0.2, 0.25) is 0 Å². The quantitative estimate of drug-likeness (QED) is 0.0274. The number of amides is 1. The molecule has 0 rings (SSSR count). The third-order valence-electron chi connectivity index (χ3n) is 15.7. The van der Waals surface area contributed by atoms with Gasteiger partial charge in [0.2, 0.25) is 5.91 Å². The summed E-state index contributed by atoms with van der Waals surface area (Å²) in [5, 5.41) is 33.5. The van der Waals surface area contributed by atoms with Crippen LogP contribution in [0.3, 0.4) is 0 Å². The van der Waals surface area contributed by atoms with Gasteiger partial charge in [-0.25, -0.2) is 0 Å². The minimum Gasteiger partial charge on any atom is -0.466 e. The minimum absolute atomic E-state index is 0.000200. The van der Waals surface area contributed by atoms with Crippen molar-refractivity contribution in [3.63, 3.8) is 0 Å². The molecule has 448 valence electrons. The molecule has 0 bridgehead atoms. The van der Waals surface area contributed by atoms with Crippen LogP contribution in [0.5, 0.6) is 0 Å². The minimum atomic E-state index is -1.02. The Balaban J connectivity index is 3.43. The number of rotatable bonds is 63. The second kappa shape index (κ2) is 63.9. The molecule has 4 N–H and O–H groups in total. The van der Waals surface area contributed by atoms with E-state index in [9.17, 15) is 24.9 Å². The summed E-state index contributed by atoms with van der Waals surface area (Å²) < 4.78 is 5.48. The Morgan fingerprint density at radius 3 is 1.13 bits per heavy atom. The lowest BCUT2D eigenvalue weighted by atomic mass is 10.0. The van der Waals surface area contributed by atoms with Crippen molar-refractivity contribution in [2.24, 2.45) is 0 Å². The topological polar surface area (TPSA) is 116 Å². The van der Waals surface area contributed by atoms with E-state index < -0.39 is 18.2 Å². The van der Waals surface area contributed by atoms with Gasteiger partial charge in [-0.05, 0) is 57.8 Å². The van der Waals surface area contributed by atoms with Crippen molar-refractivity contribution in [3.8, 4) is 0 Å². The number of carbonyl (C=O) groups excluding carboxylic acids is 2. The van der Waals surface area contributed by atoms with E-state index in [4.69, 9.17) is 4.74 Å². The number of unbranched alkanes of at least 4 members (excludes halogenated alkanes) is 46. The van der Waals surface area contributed by atoms with Crippen molar-refractivity contribution in [2.75, 3.05) is 13.2 Å². The predicted molar refractivity (Wildman–Crippen MR) is 330 cm³/mol. The van der Waals surface area contributed by atoms with Crippen molar-refractivity contribution < 1.29 is 29.6 Å². The number of aliphatic hydroxyl groups is 3. The Morgan fingerprint density at radius 2 is 0.724 bits per heavy atom. The van der Waals surface area contributed by atoms with Crippen LogP contribution in [-0.2, 0) is 14.3 Å². The molecule has 0 saturated carbocycles. The number of hydrogen-bond donors (Lipinski definition) is 4. The summed E-state index contributed by atoms with van der Waals surface area (Å²) in [6, 6.07) is -0.750. The SMILES string of the molecule is CCCCC/C=C\C/C=C\CCCCCCCC(=O)OCCCCCCCCCCCCCCCCCCCCCCCCCCCCC(=O)N[C@@H](CO)[C@H](O)/C=C/[C@H](O)CCCCCCCCCCCCCCCC. The van der Waals surface area contributed by atoms with Gasteiger partial charge in [0.05, 0.1) is 31.5 Å². The number of aliphatic hydroxyl groups excluding tert-OH is 3. The predicted octanol–water partition coefficient (Wildman–Crippen LogP) is 20.5. The van der Waals surface area contributed by atoms with Gasteiger partial charge in [-0.2, -0.15) is 0 Å². The van der Waals surface area contributed by atoms with E-state index in [0.717, 1.165) is 57.8 Å². The second-order valence-electron chi connectivity index (χ2n) is 23.3. The van der Waals surface area contributed by atoms with E-state index in [0.29, 0.717) is 25.9 Å². The molecule has 0 radical (unpaired) electrons. The van der Waals surface area contributed by atoms with Crippen LogP contribution in [0.1, 0.15) is 361 Å². The fourth-order valence-corrected chi connectivity index (χ4v) is 10.5. The molecule has 76 heavy (non-hydrogen) atoms. The van der Waals surface area contributed by atoms with Gasteiger partial charge in [0.1, 0.15) is 0 Å². The Bertz CT molecular complexity index is 1250. The van der Waals surface area contributed by atoms with Crippen LogP contribution in [0.4, 0.5) is 0 Å². The first kappa shape index (κ1) is 74.0. The summed E-state index contributed by atoms with van der Waals surface area (Å²) in [6.45, 7) is 4.79. The Labute approximate surface area is 473 Å². The van der Waals surface area contributed by atoms with Gasteiger partial charge in [-0.3, -0.25) is 9.59 Å². The number of carbonyl (C=O) groups is 2. The molecule has 7 heteroatoms. The first-order valence-electron chi connectivity index (χ1n) is 33.8. The summed E-state index contributed by atoms with van der Waals surface area (Å²) in [7, 11) is 0. The molecule has 0 unspecified atom stereocenters. The Morgan fingerprint density at radius 1 is 0.395 bits per heavy atom. The van der Waals surface area contributed by atoms with Crippen molar-refractivity contribution in [1.29, 1.82) is 0 Å². The zero-order valence-electron chi connectivity index (χ0n) is 50.9. The number of hydrogen-bond acceptors (Lipinski definition) is 6. The molecule has 0 aliphatic carbocycles.